The molecule has 1 amide bonds. The van der Waals surface area contributed by atoms with E-state index in [1.165, 1.54) is 4.31 Å². The summed E-state index contributed by atoms with van der Waals surface area (Å²) in [6.45, 7) is 5.03. The standard InChI is InChI=1S/C26H29N3O3S/c1-20-11-12-24(21(2)18-20)33(31,32)29-16-13-23(14-17-29)26(30)27-25-10-6-7-15-28(25)19-22-8-4-3-5-9-22/h3-12,15,18,23H,13-14,16-17,19H2,1-2H3. The summed E-state index contributed by atoms with van der Waals surface area (Å²) >= 11 is 0. The van der Waals surface area contributed by atoms with Gasteiger partial charge >= 0.3 is 0 Å². The van der Waals surface area contributed by atoms with Crippen LogP contribution in [0, 0.1) is 19.8 Å². The third-order valence-electron chi connectivity index (χ3n) is 6.09. The highest BCUT2D eigenvalue weighted by Crippen LogP contribution is 2.26. The van der Waals surface area contributed by atoms with Gasteiger partial charge in [0.2, 0.25) is 10.0 Å². The van der Waals surface area contributed by atoms with E-state index in [1.807, 2.05) is 85.3 Å². The lowest BCUT2D eigenvalue weighted by Crippen LogP contribution is -2.40. The van der Waals surface area contributed by atoms with Crippen molar-refractivity contribution in [1.82, 2.24) is 8.87 Å². The normalized spacial score (nSPS) is 16.1. The van der Waals surface area contributed by atoms with Gasteiger partial charge in [-0.15, -0.1) is 0 Å². The third kappa shape index (κ3) is 5.31. The summed E-state index contributed by atoms with van der Waals surface area (Å²) in [7, 11) is -3.57. The zero-order valence-electron chi connectivity index (χ0n) is 19.0. The maximum atomic E-state index is 13.1. The van der Waals surface area contributed by atoms with Crippen molar-refractivity contribution in [3.63, 3.8) is 0 Å². The zero-order chi connectivity index (χ0) is 23.4. The Bertz CT molecular complexity index is 1310. The van der Waals surface area contributed by atoms with Gasteiger partial charge in [0.05, 0.1) is 4.90 Å². The van der Waals surface area contributed by atoms with E-state index in [4.69, 9.17) is 0 Å². The Kier molecular flexibility index (Phi) is 6.91. The fourth-order valence-electron chi connectivity index (χ4n) is 4.26. The first-order valence-corrected chi connectivity index (χ1v) is 12.6. The number of carbonyl (C=O) groups is 1. The molecule has 0 aliphatic carbocycles. The number of rotatable bonds is 5. The molecule has 6 nitrogen and oxygen atoms in total. The van der Waals surface area contributed by atoms with Gasteiger partial charge in [0.15, 0.2) is 0 Å². The van der Waals surface area contributed by atoms with E-state index in [0.717, 1.165) is 16.7 Å². The van der Waals surface area contributed by atoms with Crippen LogP contribution in [0.25, 0.3) is 0 Å². The molecule has 1 aliphatic heterocycles. The molecular formula is C26H29N3O3S. The van der Waals surface area contributed by atoms with E-state index < -0.39 is 10.0 Å². The Balaban J connectivity index is 1.47. The number of sulfonamides is 1. The SMILES string of the molecule is Cc1ccc(S(=O)(=O)N2CCC(C(=O)N=c3ccccn3Cc3ccccc3)CC2)c(C)c1. The van der Waals surface area contributed by atoms with Crippen LogP contribution in [-0.2, 0) is 21.4 Å². The van der Waals surface area contributed by atoms with Crippen LogP contribution in [0.1, 0.15) is 29.5 Å². The molecule has 2 heterocycles. The van der Waals surface area contributed by atoms with Gasteiger partial charge in [-0.3, -0.25) is 4.79 Å². The minimum absolute atomic E-state index is 0.188. The molecule has 33 heavy (non-hydrogen) atoms. The van der Waals surface area contributed by atoms with Gasteiger partial charge in [0.1, 0.15) is 5.49 Å². The fourth-order valence-corrected chi connectivity index (χ4v) is 5.93. The maximum Gasteiger partial charge on any atom is 0.250 e. The number of pyridine rings is 1. The molecule has 0 saturated carbocycles. The highest BCUT2D eigenvalue weighted by atomic mass is 32.2. The summed E-state index contributed by atoms with van der Waals surface area (Å²) in [5.74, 6) is -0.465. The summed E-state index contributed by atoms with van der Waals surface area (Å²) < 4.78 is 29.7. The smallest absolute Gasteiger partial charge is 0.250 e. The van der Waals surface area contributed by atoms with Gasteiger partial charge < -0.3 is 4.57 Å². The monoisotopic (exact) mass is 463 g/mol. The van der Waals surface area contributed by atoms with E-state index in [0.29, 0.717) is 42.9 Å². The summed E-state index contributed by atoms with van der Waals surface area (Å²) in [6.07, 6.45) is 2.86. The van der Waals surface area contributed by atoms with Crippen LogP contribution in [-0.4, -0.2) is 36.3 Å². The van der Waals surface area contributed by atoms with Crippen molar-refractivity contribution in [2.45, 2.75) is 38.1 Å². The van der Waals surface area contributed by atoms with Gasteiger partial charge in [-0.05, 0) is 56.0 Å². The molecule has 1 aliphatic rings. The van der Waals surface area contributed by atoms with Crippen molar-refractivity contribution in [2.24, 2.45) is 10.9 Å². The number of amides is 1. The molecule has 4 rings (SSSR count). The Labute approximate surface area is 195 Å². The predicted octanol–water partition coefficient (Wildman–Crippen LogP) is 3.68. The minimum atomic E-state index is -3.57. The molecule has 0 atom stereocenters. The highest BCUT2D eigenvalue weighted by Gasteiger charge is 2.32. The second kappa shape index (κ2) is 9.85. The van der Waals surface area contributed by atoms with Gasteiger partial charge in [-0.1, -0.05) is 54.1 Å². The number of hydrogen-bond acceptors (Lipinski definition) is 3. The quantitative estimate of drug-likeness (QED) is 0.580. The molecule has 1 saturated heterocycles. The molecule has 0 bridgehead atoms. The van der Waals surface area contributed by atoms with Crippen LogP contribution in [0.4, 0.5) is 0 Å². The fraction of sp³-hybridized carbons (Fsp3) is 0.308. The molecule has 2 aromatic carbocycles. The van der Waals surface area contributed by atoms with Gasteiger partial charge in [-0.2, -0.15) is 9.30 Å². The molecule has 7 heteroatoms. The van der Waals surface area contributed by atoms with Crippen LogP contribution in [0.5, 0.6) is 0 Å². The number of piperidine rings is 1. The van der Waals surface area contributed by atoms with Crippen molar-refractivity contribution in [2.75, 3.05) is 13.1 Å². The van der Waals surface area contributed by atoms with Crippen molar-refractivity contribution in [1.29, 1.82) is 0 Å². The maximum absolute atomic E-state index is 13.1. The number of aryl methyl sites for hydroxylation is 2. The van der Waals surface area contributed by atoms with E-state index >= 15 is 0 Å². The van der Waals surface area contributed by atoms with Crippen LogP contribution in [0.15, 0.2) is 82.8 Å². The van der Waals surface area contributed by atoms with Crippen LogP contribution >= 0.6 is 0 Å². The number of hydrogen-bond donors (Lipinski definition) is 0. The van der Waals surface area contributed by atoms with E-state index in [1.54, 1.807) is 6.07 Å². The van der Waals surface area contributed by atoms with Crippen LogP contribution < -0.4 is 5.49 Å². The van der Waals surface area contributed by atoms with Gasteiger partial charge in [0, 0.05) is 31.7 Å². The van der Waals surface area contributed by atoms with Crippen molar-refractivity contribution in [3.8, 4) is 0 Å². The first-order chi connectivity index (χ1) is 15.8. The van der Waals surface area contributed by atoms with E-state index in [9.17, 15) is 13.2 Å². The van der Waals surface area contributed by atoms with Crippen molar-refractivity contribution < 1.29 is 13.2 Å². The molecule has 172 valence electrons. The first-order valence-electron chi connectivity index (χ1n) is 11.2. The molecular weight excluding hydrogens is 434 g/mol. The second-order valence-corrected chi connectivity index (χ2v) is 10.5. The first kappa shape index (κ1) is 23.1. The third-order valence-corrected chi connectivity index (χ3v) is 8.15. The summed E-state index contributed by atoms with van der Waals surface area (Å²) in [4.78, 5) is 17.7. The second-order valence-electron chi connectivity index (χ2n) is 8.57. The van der Waals surface area contributed by atoms with Crippen LogP contribution in [0.2, 0.25) is 0 Å². The number of benzene rings is 2. The van der Waals surface area contributed by atoms with E-state index in [2.05, 4.69) is 4.99 Å². The zero-order valence-corrected chi connectivity index (χ0v) is 19.8. The lowest BCUT2D eigenvalue weighted by molar-refractivity contribution is -0.122. The largest absolute Gasteiger partial charge is 0.328 e. The number of carbonyl (C=O) groups excluding carboxylic acids is 1. The number of nitrogens with zero attached hydrogens (tertiary/aromatic N) is 3. The molecule has 0 spiro atoms. The van der Waals surface area contributed by atoms with Crippen molar-refractivity contribution >= 4 is 15.9 Å². The Morgan fingerprint density at radius 2 is 1.67 bits per heavy atom. The Morgan fingerprint density at radius 3 is 2.36 bits per heavy atom. The summed E-state index contributed by atoms with van der Waals surface area (Å²) in [5, 5.41) is 0. The molecule has 0 unspecified atom stereocenters. The average Bonchev–Trinajstić information content (AvgIpc) is 2.81. The van der Waals surface area contributed by atoms with Gasteiger partial charge in [0.25, 0.3) is 5.91 Å². The number of aromatic nitrogens is 1. The molecule has 3 aromatic rings. The summed E-state index contributed by atoms with van der Waals surface area (Å²) in [6, 6.07) is 21.0. The highest BCUT2D eigenvalue weighted by molar-refractivity contribution is 7.89. The van der Waals surface area contributed by atoms with Gasteiger partial charge in [-0.25, -0.2) is 8.42 Å². The Hall–Kier alpha value is -3.03. The van der Waals surface area contributed by atoms with Crippen LogP contribution in [0.3, 0.4) is 0 Å². The molecule has 0 radical (unpaired) electrons. The van der Waals surface area contributed by atoms with E-state index in [-0.39, 0.29) is 11.8 Å². The minimum Gasteiger partial charge on any atom is -0.328 e. The average molecular weight is 464 g/mol. The molecule has 1 fully saturated rings. The predicted molar refractivity (Wildman–Crippen MR) is 128 cm³/mol. The van der Waals surface area contributed by atoms with Crippen molar-refractivity contribution in [3.05, 3.63) is 95.1 Å². The topological polar surface area (TPSA) is 71.7 Å². The lowest BCUT2D eigenvalue weighted by Gasteiger charge is -2.30. The lowest BCUT2D eigenvalue weighted by atomic mass is 9.97. The summed E-state index contributed by atoms with van der Waals surface area (Å²) in [5.41, 5.74) is 3.51. The Morgan fingerprint density at radius 1 is 0.970 bits per heavy atom. The molecule has 1 aromatic heterocycles. The molecule has 0 N–H and O–H groups in total.